The Bertz CT molecular complexity index is 438. The molecule has 1 aliphatic carbocycles. The minimum absolute atomic E-state index is 0.0873. The molecule has 0 radical (unpaired) electrons. The summed E-state index contributed by atoms with van der Waals surface area (Å²) in [7, 11) is -1.29. The summed E-state index contributed by atoms with van der Waals surface area (Å²) in [6, 6.07) is 0.501. The Balaban J connectivity index is 1.67. The second-order valence-electron chi connectivity index (χ2n) is 6.31. The summed E-state index contributed by atoms with van der Waals surface area (Å²) >= 11 is 0. The number of fused-ring (bicyclic) bond motifs is 1. The predicted molar refractivity (Wildman–Crippen MR) is 76.2 cm³/mol. The van der Waals surface area contributed by atoms with E-state index in [9.17, 15) is 4.57 Å². The quantitative estimate of drug-likeness (QED) is 0.732. The molecule has 0 bridgehead atoms. The monoisotopic (exact) mass is 301 g/mol. The Morgan fingerprint density at radius 1 is 1.35 bits per heavy atom. The molecule has 0 saturated carbocycles. The Morgan fingerprint density at radius 3 is 2.75 bits per heavy atom. The van der Waals surface area contributed by atoms with E-state index in [0.717, 1.165) is 31.6 Å². The third kappa shape index (κ3) is 2.96. The molecule has 2 fully saturated rings. The van der Waals surface area contributed by atoms with Crippen LogP contribution in [0.25, 0.3) is 0 Å². The molecule has 5 nitrogen and oxygen atoms in total. The maximum Gasteiger partial charge on any atom is 0.530 e. The molecule has 4 unspecified atom stereocenters. The highest BCUT2D eigenvalue weighted by Gasteiger charge is 2.41. The molecule has 0 aromatic rings. The number of hydrogen-bond acceptors (Lipinski definition) is 5. The van der Waals surface area contributed by atoms with E-state index in [2.05, 4.69) is 18.0 Å². The molecule has 4 atom stereocenters. The van der Waals surface area contributed by atoms with Gasteiger partial charge in [-0.05, 0) is 52.3 Å². The third-order valence-corrected chi connectivity index (χ3v) is 6.23. The van der Waals surface area contributed by atoms with Gasteiger partial charge in [0.1, 0.15) is 5.76 Å². The van der Waals surface area contributed by atoms with Gasteiger partial charge in [0.2, 0.25) is 0 Å². The summed E-state index contributed by atoms with van der Waals surface area (Å²) in [6.45, 7) is 4.95. The lowest BCUT2D eigenvalue weighted by Gasteiger charge is -2.34. The van der Waals surface area contributed by atoms with Crippen molar-refractivity contribution in [2.75, 3.05) is 13.6 Å². The number of nitrogens with zero attached hydrogens (tertiary/aromatic N) is 1. The number of likely N-dealkylation sites (tertiary alicyclic amines) is 1. The van der Waals surface area contributed by atoms with Crippen molar-refractivity contribution in [2.24, 2.45) is 5.92 Å². The highest BCUT2D eigenvalue weighted by atomic mass is 31.2. The fourth-order valence-corrected chi connectivity index (χ4v) is 5.16. The van der Waals surface area contributed by atoms with Crippen LogP contribution in [0.15, 0.2) is 11.8 Å². The van der Waals surface area contributed by atoms with Gasteiger partial charge < -0.3 is 9.42 Å². The molecule has 0 aromatic heterocycles. The van der Waals surface area contributed by atoms with Crippen molar-refractivity contribution in [3.63, 3.8) is 0 Å². The predicted octanol–water partition coefficient (Wildman–Crippen LogP) is 3.32. The molecule has 2 saturated heterocycles. The first-order chi connectivity index (χ1) is 9.45. The molecule has 2 heterocycles. The molecular weight excluding hydrogens is 277 g/mol. The summed E-state index contributed by atoms with van der Waals surface area (Å²) in [4.78, 5) is 2.37. The van der Waals surface area contributed by atoms with E-state index < -0.39 is 7.82 Å². The maximum atomic E-state index is 12.6. The highest BCUT2D eigenvalue weighted by molar-refractivity contribution is 7.48. The second-order valence-corrected chi connectivity index (χ2v) is 7.81. The lowest BCUT2D eigenvalue weighted by atomic mass is 9.89. The zero-order valence-corrected chi connectivity index (χ0v) is 13.3. The summed E-state index contributed by atoms with van der Waals surface area (Å²) in [5.41, 5.74) is 0. The van der Waals surface area contributed by atoms with Crippen molar-refractivity contribution in [3.05, 3.63) is 11.8 Å². The van der Waals surface area contributed by atoms with Gasteiger partial charge in [0, 0.05) is 18.9 Å². The molecule has 114 valence electrons. The molecule has 2 aliphatic heterocycles. The maximum absolute atomic E-state index is 12.6. The third-order valence-electron chi connectivity index (χ3n) is 4.53. The van der Waals surface area contributed by atoms with Gasteiger partial charge in [-0.2, -0.15) is 0 Å². The number of hydrogen-bond donors (Lipinski definition) is 0. The van der Waals surface area contributed by atoms with Crippen LogP contribution in [0, 0.1) is 5.92 Å². The van der Waals surface area contributed by atoms with E-state index in [1.807, 2.05) is 13.8 Å². The first-order valence-corrected chi connectivity index (χ1v) is 8.97. The Kier molecular flexibility index (Phi) is 3.97. The summed E-state index contributed by atoms with van der Waals surface area (Å²) in [6.07, 6.45) is 5.68. The van der Waals surface area contributed by atoms with E-state index in [1.54, 1.807) is 0 Å². The van der Waals surface area contributed by atoms with Crippen LogP contribution in [0.4, 0.5) is 0 Å². The number of phosphoric acid groups is 1. The molecule has 0 spiro atoms. The van der Waals surface area contributed by atoms with Gasteiger partial charge >= 0.3 is 7.82 Å². The lowest BCUT2D eigenvalue weighted by molar-refractivity contribution is 0.00978. The zero-order valence-electron chi connectivity index (χ0n) is 12.4. The van der Waals surface area contributed by atoms with Crippen molar-refractivity contribution >= 4 is 7.82 Å². The van der Waals surface area contributed by atoms with Gasteiger partial charge in [-0.25, -0.2) is 4.57 Å². The standard InChI is InChI=1S/C14H24NO4P/c1-10-8-11(2)18-20(16,17-10)19-13-5-4-12-6-7-15(3)14(12)9-13/h5,10-12,14H,4,6-9H2,1-3H3. The fraction of sp³-hybridized carbons (Fsp3) is 0.857. The minimum Gasteiger partial charge on any atom is -0.409 e. The van der Waals surface area contributed by atoms with Crippen LogP contribution in [0.1, 0.15) is 39.5 Å². The van der Waals surface area contributed by atoms with Gasteiger partial charge in [-0.1, -0.05) is 0 Å². The Hall–Kier alpha value is -0.350. The smallest absolute Gasteiger partial charge is 0.409 e. The van der Waals surface area contributed by atoms with Gasteiger partial charge in [0.25, 0.3) is 0 Å². The first-order valence-electron chi connectivity index (χ1n) is 7.51. The van der Waals surface area contributed by atoms with Crippen molar-refractivity contribution in [1.82, 2.24) is 4.90 Å². The van der Waals surface area contributed by atoms with Crippen LogP contribution in [-0.2, 0) is 18.1 Å². The van der Waals surface area contributed by atoms with E-state index in [1.165, 1.54) is 6.42 Å². The van der Waals surface area contributed by atoms with Gasteiger partial charge in [0.15, 0.2) is 0 Å². The minimum atomic E-state index is -3.44. The summed E-state index contributed by atoms with van der Waals surface area (Å²) < 4.78 is 29.1. The number of allylic oxidation sites excluding steroid dienone is 1. The van der Waals surface area contributed by atoms with E-state index in [0.29, 0.717) is 12.0 Å². The normalized spacial score (nSPS) is 45.9. The summed E-state index contributed by atoms with van der Waals surface area (Å²) in [5, 5.41) is 0. The lowest BCUT2D eigenvalue weighted by Crippen LogP contribution is -2.32. The molecule has 0 N–H and O–H groups in total. The first kappa shape index (κ1) is 14.6. The van der Waals surface area contributed by atoms with Crippen LogP contribution < -0.4 is 0 Å². The Morgan fingerprint density at radius 2 is 2.05 bits per heavy atom. The molecule has 6 heteroatoms. The van der Waals surface area contributed by atoms with Crippen molar-refractivity contribution < 1.29 is 18.1 Å². The van der Waals surface area contributed by atoms with Crippen LogP contribution in [0.5, 0.6) is 0 Å². The highest BCUT2D eigenvalue weighted by Crippen LogP contribution is 2.57. The average Bonchev–Trinajstić information content (AvgIpc) is 2.68. The number of rotatable bonds is 2. The molecule has 3 aliphatic rings. The number of phosphoric ester groups is 1. The van der Waals surface area contributed by atoms with Crippen molar-refractivity contribution in [1.29, 1.82) is 0 Å². The van der Waals surface area contributed by atoms with Gasteiger partial charge in [-0.3, -0.25) is 9.05 Å². The molecular formula is C14H24NO4P. The topological polar surface area (TPSA) is 48.0 Å². The fourth-order valence-electron chi connectivity index (χ4n) is 3.54. The summed E-state index contributed by atoms with van der Waals surface area (Å²) in [5.74, 6) is 1.48. The van der Waals surface area contributed by atoms with Gasteiger partial charge in [-0.15, -0.1) is 0 Å². The van der Waals surface area contributed by atoms with E-state index in [4.69, 9.17) is 13.6 Å². The van der Waals surface area contributed by atoms with E-state index in [-0.39, 0.29) is 12.2 Å². The van der Waals surface area contributed by atoms with Crippen molar-refractivity contribution in [2.45, 2.75) is 57.8 Å². The van der Waals surface area contributed by atoms with Crippen LogP contribution in [-0.4, -0.2) is 36.7 Å². The van der Waals surface area contributed by atoms with Gasteiger partial charge in [0.05, 0.1) is 12.2 Å². The average molecular weight is 301 g/mol. The second kappa shape index (κ2) is 5.45. The van der Waals surface area contributed by atoms with Crippen LogP contribution >= 0.6 is 7.82 Å². The Labute approximate surface area is 120 Å². The molecule has 3 rings (SSSR count). The SMILES string of the molecule is CC1CC(C)OP(=O)(OC2=CCC3CCN(C)C3C2)O1. The van der Waals surface area contributed by atoms with Crippen molar-refractivity contribution in [3.8, 4) is 0 Å². The largest absolute Gasteiger partial charge is 0.530 e. The van der Waals surface area contributed by atoms with Crippen LogP contribution in [0.3, 0.4) is 0 Å². The molecule has 20 heavy (non-hydrogen) atoms. The zero-order chi connectivity index (χ0) is 14.3. The van der Waals surface area contributed by atoms with E-state index >= 15 is 0 Å². The van der Waals surface area contributed by atoms with Crippen LogP contribution in [0.2, 0.25) is 0 Å². The molecule has 0 aromatic carbocycles. The molecule has 0 amide bonds.